The predicted octanol–water partition coefficient (Wildman–Crippen LogP) is 4.03. The van der Waals surface area contributed by atoms with Gasteiger partial charge < -0.3 is 40.2 Å². The number of benzene rings is 1. The lowest BCUT2D eigenvalue weighted by molar-refractivity contribution is -0.144. The second-order valence-electron chi connectivity index (χ2n) is 16.0. The van der Waals surface area contributed by atoms with Crippen LogP contribution in [0.3, 0.4) is 0 Å². The number of carbonyl (C=O) groups excluding carboxylic acids is 5. The number of methoxy groups -OCH3 is 1. The fourth-order valence-corrected chi connectivity index (χ4v) is 6.35. The molecule has 5 rings (SSSR count). The van der Waals surface area contributed by atoms with Gasteiger partial charge in [0.1, 0.15) is 35.5 Å². The van der Waals surface area contributed by atoms with Crippen molar-refractivity contribution in [3.8, 4) is 17.3 Å². The van der Waals surface area contributed by atoms with Crippen molar-refractivity contribution in [1.29, 1.82) is 0 Å². The van der Waals surface area contributed by atoms with Crippen LogP contribution in [0.25, 0.3) is 16.7 Å². The molecule has 4 N–H and O–H groups in total. The Kier molecular flexibility index (Phi) is 11.7. The lowest BCUT2D eigenvalue weighted by Crippen LogP contribution is -2.61. The number of amides is 5. The van der Waals surface area contributed by atoms with E-state index >= 15 is 0 Å². The summed E-state index contributed by atoms with van der Waals surface area (Å²) >= 11 is 0. The zero-order chi connectivity index (χ0) is 38.7. The van der Waals surface area contributed by atoms with Gasteiger partial charge in [-0.05, 0) is 69.7 Å². The lowest BCUT2D eigenvalue weighted by atomic mass is 9.85. The second kappa shape index (κ2) is 15.8. The molecule has 0 bridgehead atoms. The van der Waals surface area contributed by atoms with Crippen molar-refractivity contribution in [3.63, 3.8) is 0 Å². The SMILES string of the molecule is CCCC(NC(=O)C1C[C@@H](Oc2cc(-n3cccc3)nc3cc(OC)ccc23)CN1C(=O)[C@@H](NC(=O)NC(C)(C)C)C(C)(C)C)C(=O)C(=O)NC1CC1. The van der Waals surface area contributed by atoms with Gasteiger partial charge in [0, 0.05) is 47.9 Å². The van der Waals surface area contributed by atoms with Crippen molar-refractivity contribution in [2.45, 2.75) is 116 Å². The van der Waals surface area contributed by atoms with Gasteiger partial charge in [0.15, 0.2) is 0 Å². The highest BCUT2D eigenvalue weighted by Gasteiger charge is 2.47. The summed E-state index contributed by atoms with van der Waals surface area (Å²) < 4.78 is 14.0. The minimum absolute atomic E-state index is 0.0133. The van der Waals surface area contributed by atoms with E-state index in [1.165, 1.54) is 4.90 Å². The van der Waals surface area contributed by atoms with Crippen LogP contribution >= 0.6 is 0 Å². The third-order valence-corrected chi connectivity index (χ3v) is 9.20. The summed E-state index contributed by atoms with van der Waals surface area (Å²) in [7, 11) is 1.58. The van der Waals surface area contributed by atoms with Crippen molar-refractivity contribution >= 4 is 40.4 Å². The first-order valence-corrected chi connectivity index (χ1v) is 18.3. The Labute approximate surface area is 310 Å². The molecule has 2 aliphatic rings. The fourth-order valence-electron chi connectivity index (χ4n) is 6.35. The highest BCUT2D eigenvalue weighted by Crippen LogP contribution is 2.34. The molecule has 1 saturated heterocycles. The molecule has 1 aromatic carbocycles. The number of likely N-dealkylation sites (tertiary alicyclic amines) is 1. The van der Waals surface area contributed by atoms with Gasteiger partial charge in [-0.25, -0.2) is 9.78 Å². The van der Waals surface area contributed by atoms with E-state index in [-0.39, 0.29) is 25.4 Å². The Morgan fingerprint density at radius 2 is 1.68 bits per heavy atom. The first kappa shape index (κ1) is 39.1. The first-order chi connectivity index (χ1) is 25.0. The standard InChI is InChI=1S/C39H53N7O7/c1-9-12-27(32(47)35(49)40-23-13-14-23)42-34(48)29-20-25(22-46(29)36(50)33(38(2,3)4)43-37(51)44-39(5,6)7)53-30-21-31(45-17-10-11-18-45)41-28-19-24(52-8)15-16-26(28)30/h10-11,15-19,21,23,25,27,29,33H,9,12-14,20,22H2,1-8H3,(H,40,49)(H,42,48)(H2,43,44,51)/t25-,27?,29?,33-/m1/s1. The van der Waals surface area contributed by atoms with Crippen LogP contribution in [0, 0.1) is 5.41 Å². The van der Waals surface area contributed by atoms with Crippen LogP contribution in [-0.2, 0) is 19.2 Å². The second-order valence-corrected chi connectivity index (χ2v) is 16.0. The number of rotatable bonds is 13. The van der Waals surface area contributed by atoms with E-state index < -0.39 is 64.7 Å². The molecule has 14 nitrogen and oxygen atoms in total. The van der Waals surface area contributed by atoms with Gasteiger partial charge in [0.05, 0.1) is 25.2 Å². The third-order valence-electron chi connectivity index (χ3n) is 9.20. The molecule has 5 amide bonds. The maximum atomic E-state index is 14.6. The zero-order valence-corrected chi connectivity index (χ0v) is 31.9. The van der Waals surface area contributed by atoms with Gasteiger partial charge in [-0.1, -0.05) is 34.1 Å². The molecular weight excluding hydrogens is 678 g/mol. The largest absolute Gasteiger partial charge is 0.497 e. The van der Waals surface area contributed by atoms with Crippen molar-refractivity contribution in [2.24, 2.45) is 5.41 Å². The van der Waals surface area contributed by atoms with Crippen LogP contribution in [0.1, 0.15) is 80.6 Å². The number of hydrogen-bond donors (Lipinski definition) is 4. The Bertz CT molecular complexity index is 1830. The summed E-state index contributed by atoms with van der Waals surface area (Å²) in [6.07, 6.45) is 5.56. The van der Waals surface area contributed by atoms with Gasteiger partial charge in [-0.15, -0.1) is 0 Å². The molecule has 1 aliphatic heterocycles. The number of ketones is 1. The third kappa shape index (κ3) is 9.85. The topological polar surface area (TPSA) is 173 Å². The molecule has 53 heavy (non-hydrogen) atoms. The molecule has 2 aromatic heterocycles. The average molecular weight is 732 g/mol. The van der Waals surface area contributed by atoms with E-state index in [0.29, 0.717) is 34.6 Å². The Hall–Kier alpha value is -5.14. The molecule has 1 aliphatic carbocycles. The number of nitrogens with one attached hydrogen (secondary N) is 4. The average Bonchev–Trinajstić information content (AvgIpc) is 3.53. The smallest absolute Gasteiger partial charge is 0.315 e. The minimum Gasteiger partial charge on any atom is -0.497 e. The van der Waals surface area contributed by atoms with E-state index in [2.05, 4.69) is 21.3 Å². The Morgan fingerprint density at radius 1 is 0.981 bits per heavy atom. The van der Waals surface area contributed by atoms with Crippen molar-refractivity contribution < 1.29 is 33.4 Å². The lowest BCUT2D eigenvalue weighted by Gasteiger charge is -2.36. The molecule has 3 heterocycles. The van der Waals surface area contributed by atoms with Crippen molar-refractivity contribution in [1.82, 2.24) is 35.7 Å². The Balaban J connectivity index is 1.48. The maximum absolute atomic E-state index is 14.6. The van der Waals surface area contributed by atoms with Crippen LogP contribution in [0.2, 0.25) is 0 Å². The quantitative estimate of drug-likeness (QED) is 0.191. The van der Waals surface area contributed by atoms with Crippen LogP contribution in [0.4, 0.5) is 4.79 Å². The van der Waals surface area contributed by atoms with Crippen LogP contribution in [-0.4, -0.2) is 93.5 Å². The van der Waals surface area contributed by atoms with Crippen LogP contribution in [0.5, 0.6) is 11.5 Å². The van der Waals surface area contributed by atoms with Gasteiger partial charge in [0.2, 0.25) is 17.6 Å². The molecule has 0 radical (unpaired) electrons. The molecule has 1 saturated carbocycles. The number of aromatic nitrogens is 2. The highest BCUT2D eigenvalue weighted by atomic mass is 16.5. The van der Waals surface area contributed by atoms with Gasteiger partial charge in [0.25, 0.3) is 5.91 Å². The predicted molar refractivity (Wildman–Crippen MR) is 200 cm³/mol. The normalized spacial score (nSPS) is 18.5. The number of urea groups is 1. The molecule has 4 atom stereocenters. The number of carbonyl (C=O) groups is 5. The molecule has 0 spiro atoms. The van der Waals surface area contributed by atoms with E-state index in [1.54, 1.807) is 19.2 Å². The molecule has 3 aromatic rings. The summed E-state index contributed by atoms with van der Waals surface area (Å²) in [5.41, 5.74) is -0.688. The van der Waals surface area contributed by atoms with Crippen molar-refractivity contribution in [2.75, 3.05) is 13.7 Å². The molecular formula is C39H53N7O7. The first-order valence-electron chi connectivity index (χ1n) is 18.3. The van der Waals surface area contributed by atoms with Gasteiger partial charge >= 0.3 is 6.03 Å². The minimum atomic E-state index is -1.07. The number of Topliss-reactive ketones (excluding diaryl/α,β-unsaturated/α-hetero) is 1. The molecule has 286 valence electrons. The monoisotopic (exact) mass is 731 g/mol. The summed E-state index contributed by atoms with van der Waals surface area (Å²) in [5, 5.41) is 11.9. The number of pyridine rings is 1. The fraction of sp³-hybridized carbons (Fsp3) is 0.538. The number of hydrogen-bond acceptors (Lipinski definition) is 8. The van der Waals surface area contributed by atoms with E-state index in [1.807, 2.05) is 89.7 Å². The maximum Gasteiger partial charge on any atom is 0.315 e. The number of ether oxygens (including phenoxy) is 2. The van der Waals surface area contributed by atoms with E-state index in [9.17, 15) is 24.0 Å². The zero-order valence-electron chi connectivity index (χ0n) is 31.9. The Morgan fingerprint density at radius 3 is 2.28 bits per heavy atom. The van der Waals surface area contributed by atoms with E-state index in [0.717, 1.165) is 12.8 Å². The van der Waals surface area contributed by atoms with Crippen molar-refractivity contribution in [3.05, 3.63) is 48.8 Å². The van der Waals surface area contributed by atoms with Crippen LogP contribution < -0.4 is 30.7 Å². The highest BCUT2D eigenvalue weighted by molar-refractivity contribution is 6.38. The molecule has 2 fully saturated rings. The molecule has 2 unspecified atom stereocenters. The summed E-state index contributed by atoms with van der Waals surface area (Å²) in [4.78, 5) is 74.1. The van der Waals surface area contributed by atoms with E-state index in [4.69, 9.17) is 14.5 Å². The van der Waals surface area contributed by atoms with Crippen LogP contribution in [0.15, 0.2) is 48.8 Å². The summed E-state index contributed by atoms with van der Waals surface area (Å²) in [6.45, 7) is 12.9. The van der Waals surface area contributed by atoms with Gasteiger partial charge in [-0.2, -0.15) is 0 Å². The van der Waals surface area contributed by atoms with Gasteiger partial charge in [-0.3, -0.25) is 19.2 Å². The summed E-state index contributed by atoms with van der Waals surface area (Å²) in [5.74, 6) is -0.805. The molecule has 14 heteroatoms. The number of fused-ring (bicyclic) bond motifs is 1. The number of nitrogens with zero attached hydrogens (tertiary/aromatic N) is 3. The summed E-state index contributed by atoms with van der Waals surface area (Å²) in [6, 6.07) is 7.33.